The molecule has 0 bridgehead atoms. The van der Waals surface area contributed by atoms with Crippen molar-refractivity contribution in [2.24, 2.45) is 0 Å². The zero-order valence-electron chi connectivity index (χ0n) is 13.8. The van der Waals surface area contributed by atoms with Crippen LogP contribution in [0.5, 0.6) is 0 Å². The molecule has 1 N–H and O–H groups in total. The summed E-state index contributed by atoms with van der Waals surface area (Å²) < 4.78 is 25.4. The topological polar surface area (TPSA) is 81.1 Å². The van der Waals surface area contributed by atoms with Gasteiger partial charge in [-0.2, -0.15) is 5.10 Å². The normalized spacial score (nSPS) is 11.3. The number of hydrogen-bond donors (Lipinski definition) is 1. The number of nitrogens with one attached hydrogen (secondary N) is 1. The predicted molar refractivity (Wildman–Crippen MR) is 95.8 cm³/mol. The second kappa shape index (κ2) is 6.52. The van der Waals surface area contributed by atoms with Crippen molar-refractivity contribution in [3.05, 3.63) is 72.1 Å². The molecular formula is C18H17N3O3S. The highest BCUT2D eigenvalue weighted by molar-refractivity contribution is 7.90. The zero-order valence-corrected chi connectivity index (χ0v) is 14.6. The van der Waals surface area contributed by atoms with E-state index in [-0.39, 0.29) is 10.6 Å². The average molecular weight is 355 g/mol. The average Bonchev–Trinajstić information content (AvgIpc) is 2.97. The van der Waals surface area contributed by atoms with Crippen molar-refractivity contribution in [3.63, 3.8) is 0 Å². The Hall–Kier alpha value is -2.93. The molecule has 0 spiro atoms. The number of aromatic nitrogens is 2. The van der Waals surface area contributed by atoms with Crippen LogP contribution in [0.25, 0.3) is 5.69 Å². The first-order valence-electron chi connectivity index (χ1n) is 7.58. The Balaban J connectivity index is 1.93. The lowest BCUT2D eigenvalue weighted by molar-refractivity contribution is 0.102. The number of rotatable bonds is 4. The fourth-order valence-electron chi connectivity index (χ4n) is 2.54. The first-order chi connectivity index (χ1) is 11.9. The van der Waals surface area contributed by atoms with E-state index >= 15 is 0 Å². The van der Waals surface area contributed by atoms with Gasteiger partial charge in [0.2, 0.25) is 0 Å². The lowest BCUT2D eigenvalue weighted by Gasteiger charge is -2.10. The minimum atomic E-state index is -3.44. The van der Waals surface area contributed by atoms with Gasteiger partial charge in [-0.05, 0) is 31.2 Å². The molecule has 0 fully saturated rings. The molecule has 0 aliphatic rings. The largest absolute Gasteiger partial charge is 0.321 e. The predicted octanol–water partition coefficient (Wildman–Crippen LogP) is 2.84. The third-order valence-electron chi connectivity index (χ3n) is 3.79. The summed E-state index contributed by atoms with van der Waals surface area (Å²) in [5.41, 5.74) is 2.14. The van der Waals surface area contributed by atoms with E-state index < -0.39 is 15.7 Å². The van der Waals surface area contributed by atoms with Gasteiger partial charge in [-0.3, -0.25) is 4.79 Å². The molecule has 6 nitrogen and oxygen atoms in total. The number of benzene rings is 2. The number of carbonyl (C=O) groups is 1. The third-order valence-corrected chi connectivity index (χ3v) is 4.94. The molecule has 1 heterocycles. The lowest BCUT2D eigenvalue weighted by Crippen LogP contribution is -2.15. The Morgan fingerprint density at radius 3 is 2.36 bits per heavy atom. The van der Waals surface area contributed by atoms with Crippen LogP contribution in [0.2, 0.25) is 0 Å². The molecule has 128 valence electrons. The van der Waals surface area contributed by atoms with Gasteiger partial charge in [0.25, 0.3) is 5.91 Å². The van der Waals surface area contributed by atoms with E-state index in [1.807, 2.05) is 30.3 Å². The summed E-state index contributed by atoms with van der Waals surface area (Å²) in [5.74, 6) is -0.407. The highest BCUT2D eigenvalue weighted by Crippen LogP contribution is 2.22. The SMILES string of the molecule is Cc1c(C(=O)Nc2ccccc2S(C)(=O)=O)cnn1-c1ccccc1. The number of amides is 1. The van der Waals surface area contributed by atoms with Gasteiger partial charge in [-0.25, -0.2) is 13.1 Å². The Kier molecular flexibility index (Phi) is 4.41. The zero-order chi connectivity index (χ0) is 18.0. The molecule has 0 aliphatic heterocycles. The molecule has 0 radical (unpaired) electrons. The van der Waals surface area contributed by atoms with Gasteiger partial charge in [-0.1, -0.05) is 30.3 Å². The number of sulfone groups is 1. The summed E-state index contributed by atoms with van der Waals surface area (Å²) in [6, 6.07) is 15.8. The molecule has 25 heavy (non-hydrogen) atoms. The standard InChI is InChI=1S/C18H17N3O3S/c1-13-15(12-19-21(13)14-8-4-3-5-9-14)18(22)20-16-10-6-7-11-17(16)25(2,23)24/h3-12H,1-2H3,(H,20,22). The van der Waals surface area contributed by atoms with E-state index in [1.165, 1.54) is 12.3 Å². The van der Waals surface area contributed by atoms with Gasteiger partial charge in [0.15, 0.2) is 9.84 Å². The van der Waals surface area contributed by atoms with Crippen LogP contribution in [0.15, 0.2) is 65.7 Å². The highest BCUT2D eigenvalue weighted by Gasteiger charge is 2.19. The summed E-state index contributed by atoms with van der Waals surface area (Å²) in [6.07, 6.45) is 2.58. The maximum Gasteiger partial charge on any atom is 0.259 e. The van der Waals surface area contributed by atoms with Crippen molar-refractivity contribution in [1.29, 1.82) is 0 Å². The molecule has 0 saturated carbocycles. The minimum absolute atomic E-state index is 0.0801. The Bertz CT molecular complexity index is 1020. The summed E-state index contributed by atoms with van der Waals surface area (Å²) in [4.78, 5) is 12.7. The van der Waals surface area contributed by atoms with Gasteiger partial charge in [-0.15, -0.1) is 0 Å². The molecule has 3 aromatic rings. The lowest BCUT2D eigenvalue weighted by atomic mass is 10.2. The second-order valence-corrected chi connectivity index (χ2v) is 7.60. The molecule has 0 saturated heterocycles. The Labute approximate surface area is 146 Å². The van der Waals surface area contributed by atoms with Crippen molar-refractivity contribution in [2.75, 3.05) is 11.6 Å². The number of nitrogens with zero attached hydrogens (tertiary/aromatic N) is 2. The number of anilines is 1. The summed E-state index contributed by atoms with van der Waals surface area (Å²) in [5, 5.41) is 6.92. The van der Waals surface area contributed by atoms with E-state index in [1.54, 1.807) is 29.8 Å². The molecule has 7 heteroatoms. The van der Waals surface area contributed by atoms with Crippen LogP contribution in [0.3, 0.4) is 0 Å². The summed E-state index contributed by atoms with van der Waals surface area (Å²) in [7, 11) is -3.44. The summed E-state index contributed by atoms with van der Waals surface area (Å²) >= 11 is 0. The molecule has 1 aromatic heterocycles. The first-order valence-corrected chi connectivity index (χ1v) is 9.47. The maximum atomic E-state index is 12.6. The maximum absolute atomic E-state index is 12.6. The van der Waals surface area contributed by atoms with Crippen molar-refractivity contribution < 1.29 is 13.2 Å². The fourth-order valence-corrected chi connectivity index (χ4v) is 3.39. The smallest absolute Gasteiger partial charge is 0.259 e. The van der Waals surface area contributed by atoms with Crippen molar-refractivity contribution in [2.45, 2.75) is 11.8 Å². The molecule has 0 unspecified atom stereocenters. The number of para-hydroxylation sites is 2. The first kappa shape index (κ1) is 16.9. The van der Waals surface area contributed by atoms with Crippen LogP contribution in [-0.4, -0.2) is 30.4 Å². The van der Waals surface area contributed by atoms with Crippen molar-refractivity contribution >= 4 is 21.4 Å². The monoisotopic (exact) mass is 355 g/mol. The van der Waals surface area contributed by atoms with Gasteiger partial charge in [0, 0.05) is 6.26 Å². The molecular weight excluding hydrogens is 338 g/mol. The van der Waals surface area contributed by atoms with Crippen molar-refractivity contribution in [3.8, 4) is 5.69 Å². The minimum Gasteiger partial charge on any atom is -0.321 e. The molecule has 2 aromatic carbocycles. The molecule has 0 atom stereocenters. The van der Waals surface area contributed by atoms with E-state index in [4.69, 9.17) is 0 Å². The van der Waals surface area contributed by atoms with E-state index in [2.05, 4.69) is 10.4 Å². The van der Waals surface area contributed by atoms with Crippen LogP contribution >= 0.6 is 0 Å². The molecule has 0 aliphatic carbocycles. The Morgan fingerprint density at radius 1 is 1.04 bits per heavy atom. The van der Waals surface area contributed by atoms with Crippen LogP contribution in [0.1, 0.15) is 16.1 Å². The van der Waals surface area contributed by atoms with Crippen LogP contribution in [0.4, 0.5) is 5.69 Å². The summed E-state index contributed by atoms with van der Waals surface area (Å²) in [6.45, 7) is 1.79. The third kappa shape index (κ3) is 3.46. The van der Waals surface area contributed by atoms with Crippen LogP contribution < -0.4 is 5.32 Å². The number of hydrogen-bond acceptors (Lipinski definition) is 4. The second-order valence-electron chi connectivity index (χ2n) is 5.61. The molecule has 3 rings (SSSR count). The van der Waals surface area contributed by atoms with Crippen LogP contribution in [-0.2, 0) is 9.84 Å². The van der Waals surface area contributed by atoms with Gasteiger partial charge < -0.3 is 5.32 Å². The van der Waals surface area contributed by atoms with Crippen molar-refractivity contribution in [1.82, 2.24) is 9.78 Å². The van der Waals surface area contributed by atoms with E-state index in [0.29, 0.717) is 11.3 Å². The van der Waals surface area contributed by atoms with Gasteiger partial charge in [0.05, 0.1) is 33.7 Å². The van der Waals surface area contributed by atoms with Gasteiger partial charge >= 0.3 is 0 Å². The van der Waals surface area contributed by atoms with E-state index in [0.717, 1.165) is 11.9 Å². The van der Waals surface area contributed by atoms with Crippen LogP contribution in [0, 0.1) is 6.92 Å². The highest BCUT2D eigenvalue weighted by atomic mass is 32.2. The quantitative estimate of drug-likeness (QED) is 0.780. The van der Waals surface area contributed by atoms with Gasteiger partial charge in [0.1, 0.15) is 0 Å². The molecule has 1 amide bonds. The fraction of sp³-hybridized carbons (Fsp3) is 0.111. The van der Waals surface area contributed by atoms with E-state index in [9.17, 15) is 13.2 Å². The number of carbonyl (C=O) groups excluding carboxylic acids is 1. The Morgan fingerprint density at radius 2 is 1.68 bits per heavy atom.